The quantitative estimate of drug-likeness (QED) is 0.726. The predicted octanol–water partition coefficient (Wildman–Crippen LogP) is 3.68. The van der Waals surface area contributed by atoms with Crippen molar-refractivity contribution < 1.29 is 17.9 Å². The highest BCUT2D eigenvalue weighted by molar-refractivity contribution is 7.89. The highest BCUT2D eigenvalue weighted by atomic mass is 32.2. The second kappa shape index (κ2) is 8.78. The van der Waals surface area contributed by atoms with Gasteiger partial charge in [-0.3, -0.25) is 4.79 Å². The Balaban J connectivity index is 1.81. The second-order valence-electron chi connectivity index (χ2n) is 8.03. The highest BCUT2D eigenvalue weighted by Crippen LogP contribution is 2.30. The summed E-state index contributed by atoms with van der Waals surface area (Å²) in [4.78, 5) is 15.1. The van der Waals surface area contributed by atoms with Gasteiger partial charge in [-0.2, -0.15) is 4.31 Å². The number of amides is 1. The topological polar surface area (TPSA) is 66.9 Å². The lowest BCUT2D eigenvalue weighted by atomic mass is 9.98. The van der Waals surface area contributed by atoms with E-state index in [-0.39, 0.29) is 18.4 Å². The number of ether oxygens (including phenoxy) is 1. The number of piperidine rings is 1. The van der Waals surface area contributed by atoms with Crippen LogP contribution in [-0.2, 0) is 14.8 Å². The molecule has 2 aromatic rings. The Labute approximate surface area is 179 Å². The number of carbonyl (C=O) groups is 1. The predicted molar refractivity (Wildman–Crippen MR) is 119 cm³/mol. The second-order valence-corrected chi connectivity index (χ2v) is 9.90. The van der Waals surface area contributed by atoms with E-state index in [2.05, 4.69) is 0 Å². The molecule has 0 N–H and O–H groups in total. The van der Waals surface area contributed by atoms with Crippen molar-refractivity contribution >= 4 is 21.6 Å². The lowest BCUT2D eigenvalue weighted by Crippen LogP contribution is -2.46. The van der Waals surface area contributed by atoms with E-state index >= 15 is 0 Å². The van der Waals surface area contributed by atoms with Gasteiger partial charge in [0, 0.05) is 25.8 Å². The summed E-state index contributed by atoms with van der Waals surface area (Å²) in [5.41, 5.74) is 3.29. The number of rotatable bonds is 5. The number of benzene rings is 2. The molecule has 6 nitrogen and oxygen atoms in total. The van der Waals surface area contributed by atoms with Crippen molar-refractivity contribution in [1.82, 2.24) is 4.31 Å². The maximum Gasteiger partial charge on any atom is 0.243 e. The lowest BCUT2D eigenvalue weighted by Gasteiger charge is -2.34. The van der Waals surface area contributed by atoms with Gasteiger partial charge < -0.3 is 9.64 Å². The van der Waals surface area contributed by atoms with Crippen LogP contribution in [-0.4, -0.2) is 45.9 Å². The Hall–Kier alpha value is -2.38. The van der Waals surface area contributed by atoms with Crippen LogP contribution in [0.5, 0.6) is 5.75 Å². The molecule has 30 heavy (non-hydrogen) atoms. The molecule has 0 radical (unpaired) electrons. The number of hydrogen-bond donors (Lipinski definition) is 0. The van der Waals surface area contributed by atoms with Gasteiger partial charge in [0.25, 0.3) is 0 Å². The van der Waals surface area contributed by atoms with Crippen LogP contribution in [0.25, 0.3) is 0 Å². The van der Waals surface area contributed by atoms with Crippen LogP contribution >= 0.6 is 0 Å². The standard InChI is InChI=1S/C23H30N2O4S/c1-16-13-17(2)22(18(3)14-16)30(27,28)25-12-6-7-19(15-25)23(26)24(4)20-8-10-21(29-5)11-9-20/h8-11,13-14,19H,6-7,12,15H2,1-5H3/t19-/m0/s1. The van der Waals surface area contributed by atoms with E-state index in [1.165, 1.54) is 4.31 Å². The van der Waals surface area contributed by atoms with Gasteiger partial charge in [-0.05, 0) is 69.0 Å². The van der Waals surface area contributed by atoms with Crippen LogP contribution in [0.15, 0.2) is 41.3 Å². The molecule has 2 aromatic carbocycles. The Morgan fingerprint density at radius 2 is 1.70 bits per heavy atom. The van der Waals surface area contributed by atoms with E-state index in [1.54, 1.807) is 31.2 Å². The maximum atomic E-state index is 13.4. The molecule has 1 heterocycles. The van der Waals surface area contributed by atoms with Crippen LogP contribution in [0.3, 0.4) is 0 Å². The van der Waals surface area contributed by atoms with Gasteiger partial charge in [-0.15, -0.1) is 0 Å². The minimum atomic E-state index is -3.66. The monoisotopic (exact) mass is 430 g/mol. The van der Waals surface area contributed by atoms with Crippen molar-refractivity contribution in [2.45, 2.75) is 38.5 Å². The first-order valence-corrected chi connectivity index (χ1v) is 11.6. The van der Waals surface area contributed by atoms with E-state index in [9.17, 15) is 13.2 Å². The van der Waals surface area contributed by atoms with E-state index in [1.807, 2.05) is 45.0 Å². The summed E-state index contributed by atoms with van der Waals surface area (Å²) in [6.45, 7) is 6.26. The number of methoxy groups -OCH3 is 1. The zero-order chi connectivity index (χ0) is 22.1. The fourth-order valence-corrected chi connectivity index (χ4v) is 6.21. The van der Waals surface area contributed by atoms with Crippen LogP contribution in [0.2, 0.25) is 0 Å². The van der Waals surface area contributed by atoms with Crippen LogP contribution in [0.4, 0.5) is 5.69 Å². The molecule has 1 amide bonds. The van der Waals surface area contributed by atoms with Gasteiger partial charge in [-0.25, -0.2) is 8.42 Å². The van der Waals surface area contributed by atoms with Gasteiger partial charge in [0.1, 0.15) is 5.75 Å². The molecule has 162 valence electrons. The smallest absolute Gasteiger partial charge is 0.243 e. The first kappa shape index (κ1) is 22.3. The first-order chi connectivity index (χ1) is 14.1. The molecular weight excluding hydrogens is 400 g/mol. The van der Waals surface area contributed by atoms with Crippen molar-refractivity contribution in [3.05, 3.63) is 53.1 Å². The van der Waals surface area contributed by atoms with Crippen molar-refractivity contribution in [3.63, 3.8) is 0 Å². The van der Waals surface area contributed by atoms with Crippen molar-refractivity contribution in [3.8, 4) is 5.75 Å². The molecule has 0 unspecified atom stereocenters. The normalized spacial score (nSPS) is 17.6. The van der Waals surface area contributed by atoms with Crippen molar-refractivity contribution in [1.29, 1.82) is 0 Å². The average molecular weight is 431 g/mol. The zero-order valence-corrected chi connectivity index (χ0v) is 19.1. The van der Waals surface area contributed by atoms with Crippen LogP contribution in [0.1, 0.15) is 29.5 Å². The number of nitrogens with zero attached hydrogens (tertiary/aromatic N) is 2. The summed E-state index contributed by atoms with van der Waals surface area (Å²) >= 11 is 0. The summed E-state index contributed by atoms with van der Waals surface area (Å²) in [5, 5.41) is 0. The van der Waals surface area contributed by atoms with Crippen molar-refractivity contribution in [2.24, 2.45) is 5.92 Å². The summed E-state index contributed by atoms with van der Waals surface area (Å²) < 4.78 is 33.5. The van der Waals surface area contributed by atoms with Crippen LogP contribution < -0.4 is 9.64 Å². The lowest BCUT2D eigenvalue weighted by molar-refractivity contribution is -0.123. The molecule has 1 atom stereocenters. The Kier molecular flexibility index (Phi) is 6.53. The molecule has 0 spiro atoms. The van der Waals surface area contributed by atoms with Crippen molar-refractivity contribution in [2.75, 3.05) is 32.1 Å². The number of carbonyl (C=O) groups excluding carboxylic acids is 1. The molecular formula is C23H30N2O4S. The Bertz CT molecular complexity index is 1010. The third-order valence-corrected chi connectivity index (χ3v) is 7.90. The average Bonchev–Trinajstić information content (AvgIpc) is 2.72. The third-order valence-electron chi connectivity index (χ3n) is 5.73. The zero-order valence-electron chi connectivity index (χ0n) is 18.3. The van der Waals surface area contributed by atoms with E-state index < -0.39 is 10.0 Å². The molecule has 1 aliphatic heterocycles. The maximum absolute atomic E-state index is 13.4. The molecule has 0 saturated carbocycles. The molecule has 7 heteroatoms. The molecule has 0 bridgehead atoms. The number of anilines is 1. The van der Waals surface area contributed by atoms with E-state index in [0.717, 1.165) is 28.1 Å². The Morgan fingerprint density at radius 3 is 2.27 bits per heavy atom. The van der Waals surface area contributed by atoms with Gasteiger partial charge in [0.15, 0.2) is 0 Å². The first-order valence-electron chi connectivity index (χ1n) is 10.1. The number of sulfonamides is 1. The van der Waals surface area contributed by atoms with Gasteiger partial charge >= 0.3 is 0 Å². The molecule has 1 aliphatic rings. The largest absolute Gasteiger partial charge is 0.497 e. The summed E-state index contributed by atoms with van der Waals surface area (Å²) in [5.74, 6) is 0.280. The molecule has 0 aliphatic carbocycles. The van der Waals surface area contributed by atoms with E-state index in [4.69, 9.17) is 4.74 Å². The third kappa shape index (κ3) is 4.37. The summed E-state index contributed by atoms with van der Waals surface area (Å²) in [6.07, 6.45) is 1.34. The summed E-state index contributed by atoms with van der Waals surface area (Å²) in [7, 11) is -0.336. The molecule has 0 aromatic heterocycles. The molecule has 1 fully saturated rings. The Morgan fingerprint density at radius 1 is 1.10 bits per heavy atom. The fourth-order valence-electron chi connectivity index (χ4n) is 4.27. The fraction of sp³-hybridized carbons (Fsp3) is 0.435. The number of aryl methyl sites for hydroxylation is 3. The molecule has 3 rings (SSSR count). The minimum Gasteiger partial charge on any atom is -0.497 e. The van der Waals surface area contributed by atoms with E-state index in [0.29, 0.717) is 24.3 Å². The summed E-state index contributed by atoms with van der Waals surface area (Å²) in [6, 6.07) is 11.0. The SMILES string of the molecule is COc1ccc(N(C)C(=O)[C@H]2CCCN(S(=O)(=O)c3c(C)cc(C)cc3C)C2)cc1. The van der Waals surface area contributed by atoms with Gasteiger partial charge in [-0.1, -0.05) is 17.7 Å². The minimum absolute atomic E-state index is 0.0718. The molecule has 1 saturated heterocycles. The van der Waals surface area contributed by atoms with Gasteiger partial charge in [0.2, 0.25) is 15.9 Å². The van der Waals surface area contributed by atoms with Crippen LogP contribution in [0, 0.1) is 26.7 Å². The highest BCUT2D eigenvalue weighted by Gasteiger charge is 2.36. The number of hydrogen-bond acceptors (Lipinski definition) is 4. The van der Waals surface area contributed by atoms with Gasteiger partial charge in [0.05, 0.1) is 17.9 Å².